The van der Waals surface area contributed by atoms with Gasteiger partial charge in [0, 0.05) is 27.3 Å². The van der Waals surface area contributed by atoms with Gasteiger partial charge in [0.1, 0.15) is 11.6 Å². The summed E-state index contributed by atoms with van der Waals surface area (Å²) in [6, 6.07) is 5.81. The molecule has 5 heteroatoms. The Balaban J connectivity index is 2.37. The van der Waals surface area contributed by atoms with E-state index < -0.39 is 0 Å². The third kappa shape index (κ3) is 4.95. The highest BCUT2D eigenvalue weighted by atomic mass is 16.5. The van der Waals surface area contributed by atoms with Crippen LogP contribution in [-0.2, 0) is 9.47 Å². The van der Waals surface area contributed by atoms with E-state index in [9.17, 15) is 0 Å². The van der Waals surface area contributed by atoms with Crippen LogP contribution in [0.3, 0.4) is 0 Å². The molecule has 0 aliphatic carbocycles. The van der Waals surface area contributed by atoms with E-state index in [-0.39, 0.29) is 0 Å². The minimum Gasteiger partial charge on any atom is -0.383 e. The quantitative estimate of drug-likeness (QED) is 0.651. The molecule has 1 aromatic heterocycles. The smallest absolute Gasteiger partial charge is 0.128 e. The molecule has 90 valence electrons. The predicted molar refractivity (Wildman–Crippen MR) is 65.0 cm³/mol. The maximum Gasteiger partial charge on any atom is 0.128 e. The number of rotatable bonds is 8. The normalized spacial score (nSPS) is 10.1. The van der Waals surface area contributed by atoms with Crippen LogP contribution in [0.15, 0.2) is 18.2 Å². The van der Waals surface area contributed by atoms with Crippen LogP contribution in [0.1, 0.15) is 0 Å². The standard InChI is InChI=1S/C11H19N3O2/c1-15-8-6-12-10-4-3-5-11(14-10)13-7-9-16-2/h3-5H,6-9H2,1-2H3,(H2,12,13,14). The summed E-state index contributed by atoms with van der Waals surface area (Å²) >= 11 is 0. The third-order valence-corrected chi connectivity index (χ3v) is 1.97. The van der Waals surface area contributed by atoms with Crippen LogP contribution in [0, 0.1) is 0 Å². The largest absolute Gasteiger partial charge is 0.383 e. The van der Waals surface area contributed by atoms with Gasteiger partial charge in [-0.3, -0.25) is 0 Å². The number of methoxy groups -OCH3 is 2. The van der Waals surface area contributed by atoms with E-state index >= 15 is 0 Å². The fraction of sp³-hybridized carbons (Fsp3) is 0.545. The lowest BCUT2D eigenvalue weighted by atomic mass is 10.4. The summed E-state index contributed by atoms with van der Waals surface area (Å²) in [5.41, 5.74) is 0. The van der Waals surface area contributed by atoms with Gasteiger partial charge in [0.05, 0.1) is 13.2 Å². The summed E-state index contributed by atoms with van der Waals surface area (Å²) in [6.07, 6.45) is 0. The summed E-state index contributed by atoms with van der Waals surface area (Å²) in [5.74, 6) is 1.69. The van der Waals surface area contributed by atoms with Crippen molar-refractivity contribution in [3.8, 4) is 0 Å². The first kappa shape index (κ1) is 12.7. The predicted octanol–water partition coefficient (Wildman–Crippen LogP) is 1.20. The van der Waals surface area contributed by atoms with Crippen LogP contribution >= 0.6 is 0 Å². The van der Waals surface area contributed by atoms with Crippen LogP contribution in [0.4, 0.5) is 11.6 Å². The van der Waals surface area contributed by atoms with E-state index in [1.54, 1.807) is 14.2 Å². The molecule has 0 saturated carbocycles. The molecule has 1 heterocycles. The zero-order valence-corrected chi connectivity index (χ0v) is 9.82. The Labute approximate surface area is 96.2 Å². The van der Waals surface area contributed by atoms with Gasteiger partial charge in [0.25, 0.3) is 0 Å². The van der Waals surface area contributed by atoms with E-state index in [4.69, 9.17) is 9.47 Å². The molecular weight excluding hydrogens is 206 g/mol. The first-order valence-electron chi connectivity index (χ1n) is 5.29. The van der Waals surface area contributed by atoms with E-state index in [2.05, 4.69) is 15.6 Å². The molecule has 2 N–H and O–H groups in total. The molecule has 5 nitrogen and oxygen atoms in total. The third-order valence-electron chi connectivity index (χ3n) is 1.97. The van der Waals surface area contributed by atoms with Crippen molar-refractivity contribution in [2.24, 2.45) is 0 Å². The molecule has 16 heavy (non-hydrogen) atoms. The molecule has 0 aliphatic rings. The molecule has 0 aliphatic heterocycles. The summed E-state index contributed by atoms with van der Waals surface area (Å²) in [7, 11) is 3.36. The topological polar surface area (TPSA) is 55.4 Å². The summed E-state index contributed by atoms with van der Waals surface area (Å²) in [4.78, 5) is 4.38. The van der Waals surface area contributed by atoms with E-state index in [0.29, 0.717) is 13.2 Å². The summed E-state index contributed by atoms with van der Waals surface area (Å²) < 4.78 is 9.90. The Kier molecular flexibility index (Phi) is 6.29. The van der Waals surface area contributed by atoms with Gasteiger partial charge in [0.15, 0.2) is 0 Å². The van der Waals surface area contributed by atoms with Gasteiger partial charge in [-0.15, -0.1) is 0 Å². The van der Waals surface area contributed by atoms with Gasteiger partial charge in [-0.2, -0.15) is 0 Å². The molecule has 0 radical (unpaired) electrons. The van der Waals surface area contributed by atoms with E-state index in [1.165, 1.54) is 0 Å². The Bertz CT molecular complexity index is 269. The number of ether oxygens (including phenoxy) is 2. The maximum atomic E-state index is 4.95. The zero-order valence-electron chi connectivity index (χ0n) is 9.82. The van der Waals surface area contributed by atoms with Crippen molar-refractivity contribution in [2.75, 3.05) is 51.2 Å². The van der Waals surface area contributed by atoms with Crippen molar-refractivity contribution < 1.29 is 9.47 Å². The van der Waals surface area contributed by atoms with Crippen LogP contribution in [0.2, 0.25) is 0 Å². The summed E-state index contributed by atoms with van der Waals surface area (Å²) in [5, 5.41) is 6.34. The highest BCUT2D eigenvalue weighted by Crippen LogP contribution is 2.08. The highest BCUT2D eigenvalue weighted by Gasteiger charge is 1.96. The van der Waals surface area contributed by atoms with Crippen molar-refractivity contribution in [2.45, 2.75) is 0 Å². The number of aromatic nitrogens is 1. The Morgan fingerprint density at radius 3 is 1.94 bits per heavy atom. The van der Waals surface area contributed by atoms with Crippen molar-refractivity contribution >= 4 is 11.6 Å². The number of hydrogen-bond donors (Lipinski definition) is 2. The van der Waals surface area contributed by atoms with Gasteiger partial charge in [-0.05, 0) is 12.1 Å². The van der Waals surface area contributed by atoms with Crippen molar-refractivity contribution in [3.05, 3.63) is 18.2 Å². The molecule has 0 spiro atoms. The monoisotopic (exact) mass is 225 g/mol. The summed E-state index contributed by atoms with van der Waals surface area (Å²) in [6.45, 7) is 2.85. The second kappa shape index (κ2) is 7.90. The number of hydrogen-bond acceptors (Lipinski definition) is 5. The highest BCUT2D eigenvalue weighted by molar-refractivity contribution is 5.44. The fourth-order valence-corrected chi connectivity index (χ4v) is 1.19. The van der Waals surface area contributed by atoms with Gasteiger partial charge >= 0.3 is 0 Å². The molecule has 0 aromatic carbocycles. The molecule has 0 saturated heterocycles. The minimum atomic E-state index is 0.670. The Hall–Kier alpha value is -1.33. The number of anilines is 2. The average Bonchev–Trinajstić information content (AvgIpc) is 2.30. The molecule has 0 unspecified atom stereocenters. The van der Waals surface area contributed by atoms with Crippen LogP contribution in [-0.4, -0.2) is 45.5 Å². The van der Waals surface area contributed by atoms with Gasteiger partial charge in [-0.25, -0.2) is 4.98 Å². The lowest BCUT2D eigenvalue weighted by Crippen LogP contribution is -2.11. The van der Waals surface area contributed by atoms with Gasteiger partial charge in [0.2, 0.25) is 0 Å². The Morgan fingerprint density at radius 2 is 1.50 bits per heavy atom. The molecule has 1 aromatic rings. The van der Waals surface area contributed by atoms with E-state index in [1.807, 2.05) is 18.2 Å². The fourth-order valence-electron chi connectivity index (χ4n) is 1.19. The molecule has 0 atom stereocenters. The molecule has 0 fully saturated rings. The van der Waals surface area contributed by atoms with Crippen LogP contribution in [0.5, 0.6) is 0 Å². The lowest BCUT2D eigenvalue weighted by Gasteiger charge is -2.08. The second-order valence-electron chi connectivity index (χ2n) is 3.25. The number of pyridine rings is 1. The molecule has 0 amide bonds. The first-order chi connectivity index (χ1) is 7.86. The SMILES string of the molecule is COCCNc1cccc(NCCOC)n1. The van der Waals surface area contributed by atoms with Gasteiger partial charge in [-0.1, -0.05) is 6.07 Å². The first-order valence-corrected chi connectivity index (χ1v) is 5.29. The van der Waals surface area contributed by atoms with Gasteiger partial charge < -0.3 is 20.1 Å². The molecule has 1 rings (SSSR count). The van der Waals surface area contributed by atoms with Crippen molar-refractivity contribution in [1.82, 2.24) is 4.98 Å². The minimum absolute atomic E-state index is 0.670. The second-order valence-corrected chi connectivity index (χ2v) is 3.25. The number of nitrogens with one attached hydrogen (secondary N) is 2. The maximum absolute atomic E-state index is 4.95. The lowest BCUT2D eigenvalue weighted by molar-refractivity contribution is 0.210. The zero-order chi connectivity index (χ0) is 11.6. The Morgan fingerprint density at radius 1 is 1.00 bits per heavy atom. The van der Waals surface area contributed by atoms with Crippen LogP contribution < -0.4 is 10.6 Å². The number of nitrogens with zero attached hydrogens (tertiary/aromatic N) is 1. The molecule has 0 bridgehead atoms. The molecular formula is C11H19N3O2. The van der Waals surface area contributed by atoms with Crippen molar-refractivity contribution in [1.29, 1.82) is 0 Å². The van der Waals surface area contributed by atoms with Crippen LogP contribution in [0.25, 0.3) is 0 Å². The van der Waals surface area contributed by atoms with Crippen molar-refractivity contribution in [3.63, 3.8) is 0 Å². The van der Waals surface area contributed by atoms with E-state index in [0.717, 1.165) is 24.7 Å². The average molecular weight is 225 g/mol.